The van der Waals surface area contributed by atoms with Gasteiger partial charge in [-0.25, -0.2) is 9.89 Å². The van der Waals surface area contributed by atoms with Gasteiger partial charge in [-0.3, -0.25) is 4.57 Å². The van der Waals surface area contributed by atoms with Crippen molar-refractivity contribution in [3.63, 3.8) is 0 Å². The van der Waals surface area contributed by atoms with Gasteiger partial charge in [0.25, 0.3) is 0 Å². The van der Waals surface area contributed by atoms with Crippen molar-refractivity contribution in [2.45, 2.75) is 63.0 Å². The summed E-state index contributed by atoms with van der Waals surface area (Å²) in [7, 11) is 0. The molecule has 2 atom stereocenters. The summed E-state index contributed by atoms with van der Waals surface area (Å²) in [5.74, 6) is 0. The van der Waals surface area contributed by atoms with E-state index in [0.29, 0.717) is 11.8 Å². The van der Waals surface area contributed by atoms with E-state index in [-0.39, 0.29) is 17.1 Å². The van der Waals surface area contributed by atoms with E-state index in [1.54, 1.807) is 16.3 Å². The van der Waals surface area contributed by atoms with Gasteiger partial charge in [0.2, 0.25) is 0 Å². The normalized spacial score (nSPS) is 27.3. The number of hydrogen-bond acceptors (Lipinski definition) is 4. The molecule has 102 valence electrons. The maximum absolute atomic E-state index is 11.5. The van der Waals surface area contributed by atoms with Crippen LogP contribution < -0.4 is 11.4 Å². The maximum Gasteiger partial charge on any atom is 0.343 e. The molecular weight excluding hydrogens is 248 g/mol. The Labute approximate surface area is 112 Å². The van der Waals surface area contributed by atoms with E-state index in [4.69, 9.17) is 5.73 Å². The average Bonchev–Trinajstić information content (AvgIpc) is 2.66. The summed E-state index contributed by atoms with van der Waals surface area (Å²) in [6.07, 6.45) is 3.46. The molecule has 0 aliphatic heterocycles. The summed E-state index contributed by atoms with van der Waals surface area (Å²) in [4.78, 5) is 11.5. The lowest BCUT2D eigenvalue weighted by atomic mass is 9.73. The van der Waals surface area contributed by atoms with Crippen LogP contribution in [0, 0.1) is 5.41 Å². The predicted octanol–water partition coefficient (Wildman–Crippen LogP) is 1.59. The second-order valence-electron chi connectivity index (χ2n) is 5.62. The number of nitrogens with two attached hydrogens (primary N) is 1. The highest BCUT2D eigenvalue weighted by Gasteiger charge is 2.37. The minimum atomic E-state index is -0.136. The minimum Gasteiger partial charge on any atom is -0.326 e. The fourth-order valence-corrected chi connectivity index (χ4v) is 4.06. The van der Waals surface area contributed by atoms with Crippen molar-refractivity contribution in [1.29, 1.82) is 0 Å². The van der Waals surface area contributed by atoms with Crippen LogP contribution >= 0.6 is 11.8 Å². The number of nitrogens with zero attached hydrogens (tertiary/aromatic N) is 2. The van der Waals surface area contributed by atoms with Crippen molar-refractivity contribution in [1.82, 2.24) is 14.8 Å². The zero-order valence-corrected chi connectivity index (χ0v) is 12.1. The molecule has 5 nitrogen and oxygen atoms in total. The van der Waals surface area contributed by atoms with E-state index in [2.05, 4.69) is 24.0 Å². The molecule has 0 spiro atoms. The summed E-state index contributed by atoms with van der Waals surface area (Å²) < 4.78 is 1.67. The third-order valence-corrected chi connectivity index (χ3v) is 5.26. The summed E-state index contributed by atoms with van der Waals surface area (Å²) in [5, 5.41) is 7.71. The first kappa shape index (κ1) is 13.7. The Balaban J connectivity index is 2.16. The highest BCUT2D eigenvalue weighted by molar-refractivity contribution is 7.99. The van der Waals surface area contributed by atoms with Gasteiger partial charge in [0.15, 0.2) is 5.16 Å². The molecule has 1 fully saturated rings. The van der Waals surface area contributed by atoms with E-state index in [9.17, 15) is 4.79 Å². The SMILES string of the molecule is CCn1c(SC2CCCC(C)(C)C2N)n[nH]c1=O. The maximum atomic E-state index is 11.5. The van der Waals surface area contributed by atoms with Gasteiger partial charge < -0.3 is 5.73 Å². The van der Waals surface area contributed by atoms with Gasteiger partial charge in [-0.05, 0) is 25.2 Å². The summed E-state index contributed by atoms with van der Waals surface area (Å²) in [5.41, 5.74) is 6.39. The lowest BCUT2D eigenvalue weighted by molar-refractivity contribution is 0.208. The van der Waals surface area contributed by atoms with Crippen molar-refractivity contribution < 1.29 is 0 Å². The number of hydrogen-bond donors (Lipinski definition) is 2. The molecule has 1 aromatic rings. The number of aromatic amines is 1. The molecule has 6 heteroatoms. The number of thioether (sulfide) groups is 1. The Morgan fingerprint density at radius 2 is 2.33 bits per heavy atom. The van der Waals surface area contributed by atoms with E-state index in [1.165, 1.54) is 12.8 Å². The van der Waals surface area contributed by atoms with E-state index >= 15 is 0 Å². The molecule has 3 N–H and O–H groups in total. The Morgan fingerprint density at radius 3 is 3.00 bits per heavy atom. The summed E-state index contributed by atoms with van der Waals surface area (Å²) >= 11 is 1.64. The summed E-state index contributed by atoms with van der Waals surface area (Å²) in [6, 6.07) is 0.147. The monoisotopic (exact) mass is 270 g/mol. The molecule has 1 heterocycles. The number of aromatic nitrogens is 3. The third-order valence-electron chi connectivity index (χ3n) is 3.91. The molecule has 18 heavy (non-hydrogen) atoms. The van der Waals surface area contributed by atoms with Crippen molar-refractivity contribution >= 4 is 11.8 Å². The van der Waals surface area contributed by atoms with E-state index in [0.717, 1.165) is 11.6 Å². The van der Waals surface area contributed by atoms with Crippen LogP contribution in [0.1, 0.15) is 40.0 Å². The molecule has 0 saturated heterocycles. The molecule has 2 unspecified atom stereocenters. The largest absolute Gasteiger partial charge is 0.343 e. The highest BCUT2D eigenvalue weighted by atomic mass is 32.2. The Hall–Kier alpha value is -0.750. The van der Waals surface area contributed by atoms with Crippen LogP contribution in [-0.2, 0) is 6.54 Å². The smallest absolute Gasteiger partial charge is 0.326 e. The second kappa shape index (κ2) is 5.09. The molecule has 0 amide bonds. The minimum absolute atomic E-state index is 0.136. The van der Waals surface area contributed by atoms with Crippen molar-refractivity contribution in [2.24, 2.45) is 11.1 Å². The quantitative estimate of drug-likeness (QED) is 0.874. The number of rotatable bonds is 3. The van der Waals surface area contributed by atoms with Crippen molar-refractivity contribution in [2.75, 3.05) is 0 Å². The lowest BCUT2D eigenvalue weighted by Crippen LogP contribution is -2.48. The van der Waals surface area contributed by atoms with Gasteiger partial charge in [0.1, 0.15) is 0 Å². The predicted molar refractivity (Wildman–Crippen MR) is 73.8 cm³/mol. The molecular formula is C12H22N4OS. The van der Waals surface area contributed by atoms with E-state index < -0.39 is 0 Å². The molecule has 2 rings (SSSR count). The number of H-pyrrole nitrogens is 1. The standard InChI is InChI=1S/C12H22N4OS/c1-4-16-10(17)14-15-11(16)18-8-6-5-7-12(2,3)9(8)13/h8-9H,4-7,13H2,1-3H3,(H,14,17). The van der Waals surface area contributed by atoms with Crippen molar-refractivity contribution in [3.05, 3.63) is 10.5 Å². The van der Waals surface area contributed by atoms with Gasteiger partial charge >= 0.3 is 5.69 Å². The van der Waals surface area contributed by atoms with Crippen LogP contribution in [0.15, 0.2) is 9.95 Å². The number of nitrogens with one attached hydrogen (secondary N) is 1. The molecule has 1 saturated carbocycles. The van der Waals surface area contributed by atoms with Gasteiger partial charge in [0.05, 0.1) is 0 Å². The first-order valence-corrected chi connectivity index (χ1v) is 7.41. The zero-order valence-electron chi connectivity index (χ0n) is 11.3. The van der Waals surface area contributed by atoms with E-state index in [1.807, 2.05) is 6.92 Å². The van der Waals surface area contributed by atoms with Crippen LogP contribution in [0.4, 0.5) is 0 Å². The fourth-order valence-electron chi connectivity index (χ4n) is 2.55. The first-order chi connectivity index (χ1) is 8.45. The molecule has 1 aliphatic rings. The van der Waals surface area contributed by atoms with Crippen LogP contribution in [0.5, 0.6) is 0 Å². The molecule has 0 aromatic carbocycles. The lowest BCUT2D eigenvalue weighted by Gasteiger charge is -2.41. The van der Waals surface area contributed by atoms with Gasteiger partial charge in [0, 0.05) is 17.8 Å². The van der Waals surface area contributed by atoms with Crippen molar-refractivity contribution in [3.8, 4) is 0 Å². The van der Waals surface area contributed by atoms with Crippen LogP contribution in [0.2, 0.25) is 0 Å². The zero-order chi connectivity index (χ0) is 13.3. The highest BCUT2D eigenvalue weighted by Crippen LogP contribution is 2.41. The Kier molecular flexibility index (Phi) is 3.87. The van der Waals surface area contributed by atoms with Gasteiger partial charge in [-0.1, -0.05) is 32.0 Å². The van der Waals surface area contributed by atoms with Gasteiger partial charge in [-0.2, -0.15) is 0 Å². The molecule has 1 aliphatic carbocycles. The molecule has 0 radical (unpaired) electrons. The Bertz CT molecular complexity index is 465. The average molecular weight is 270 g/mol. The molecule has 0 bridgehead atoms. The van der Waals surface area contributed by atoms with Crippen LogP contribution in [-0.4, -0.2) is 26.1 Å². The fraction of sp³-hybridized carbons (Fsp3) is 0.833. The summed E-state index contributed by atoms with van der Waals surface area (Å²) in [6.45, 7) is 7.04. The van der Waals surface area contributed by atoms with Crippen LogP contribution in [0.25, 0.3) is 0 Å². The second-order valence-corrected chi connectivity index (χ2v) is 6.82. The molecule has 1 aromatic heterocycles. The van der Waals surface area contributed by atoms with Crippen LogP contribution in [0.3, 0.4) is 0 Å². The third kappa shape index (κ3) is 2.49. The first-order valence-electron chi connectivity index (χ1n) is 6.53. The van der Waals surface area contributed by atoms with Gasteiger partial charge in [-0.15, -0.1) is 5.10 Å². The Morgan fingerprint density at radius 1 is 1.61 bits per heavy atom. The topological polar surface area (TPSA) is 76.7 Å².